The summed E-state index contributed by atoms with van der Waals surface area (Å²) in [6.45, 7) is 5.97. The van der Waals surface area contributed by atoms with Gasteiger partial charge in [0.1, 0.15) is 10.7 Å². The highest BCUT2D eigenvalue weighted by Gasteiger charge is 2.25. The summed E-state index contributed by atoms with van der Waals surface area (Å²) in [6.07, 6.45) is 7.45. The van der Waals surface area contributed by atoms with Gasteiger partial charge in [0.15, 0.2) is 0 Å². The van der Waals surface area contributed by atoms with Crippen LogP contribution in [0.4, 0.5) is 10.1 Å². The molecule has 5 nitrogen and oxygen atoms in total. The van der Waals surface area contributed by atoms with Gasteiger partial charge in [-0.1, -0.05) is 38.3 Å². The quantitative estimate of drug-likeness (QED) is 0.480. The van der Waals surface area contributed by atoms with Gasteiger partial charge in [-0.05, 0) is 56.0 Å². The summed E-state index contributed by atoms with van der Waals surface area (Å²) in [5.74, 6) is -0.478. The number of fused-ring (bicyclic) bond motifs is 1. The number of sulfone groups is 1. The van der Waals surface area contributed by atoms with Crippen molar-refractivity contribution in [1.82, 2.24) is 4.57 Å². The number of unbranched alkanes of at least 4 members (excludes halogenated alkanes) is 1. The van der Waals surface area contributed by atoms with Crippen molar-refractivity contribution in [2.24, 2.45) is 0 Å². The Morgan fingerprint density at radius 3 is 2.42 bits per heavy atom. The molecule has 1 aliphatic heterocycles. The molecule has 4 rings (SSSR count). The number of hydrogen-bond donors (Lipinski definition) is 0. The summed E-state index contributed by atoms with van der Waals surface area (Å²) in [5.41, 5.74) is 1.21. The normalized spacial score (nSPS) is 15.1. The Kier molecular flexibility index (Phi) is 6.88. The van der Waals surface area contributed by atoms with Crippen LogP contribution >= 0.6 is 0 Å². The summed E-state index contributed by atoms with van der Waals surface area (Å²) < 4.78 is 43.9. The Morgan fingerprint density at radius 1 is 1.03 bits per heavy atom. The van der Waals surface area contributed by atoms with Crippen LogP contribution in [0.25, 0.3) is 10.9 Å². The predicted molar refractivity (Wildman–Crippen MR) is 130 cm³/mol. The Morgan fingerprint density at radius 2 is 1.76 bits per heavy atom. The summed E-state index contributed by atoms with van der Waals surface area (Å²) in [4.78, 5) is 15.2. The van der Waals surface area contributed by atoms with Crippen LogP contribution in [0.15, 0.2) is 57.2 Å². The maximum atomic E-state index is 15.3. The van der Waals surface area contributed by atoms with E-state index in [1.54, 1.807) is 31.2 Å². The molecular weight excluding hydrogens is 439 g/mol. The van der Waals surface area contributed by atoms with E-state index in [2.05, 4.69) is 6.92 Å². The Balaban J connectivity index is 1.93. The molecule has 3 aromatic rings. The maximum absolute atomic E-state index is 15.3. The van der Waals surface area contributed by atoms with Crippen molar-refractivity contribution in [3.05, 3.63) is 64.2 Å². The van der Waals surface area contributed by atoms with Crippen LogP contribution in [0, 0.1) is 12.7 Å². The lowest BCUT2D eigenvalue weighted by atomic mass is 10.1. The number of aromatic nitrogens is 1. The fourth-order valence-corrected chi connectivity index (χ4v) is 6.01. The molecule has 0 unspecified atom stereocenters. The standard InChI is InChI=1S/C26H31FN2O3S/c1-3-4-12-29-18-25(33(31,32)20-11-9-10-19(2)15-20)26(30)21-16-22(27)24(17-23(21)29)28-13-7-5-6-8-14-28/h9-11,15-18H,3-8,12-14H2,1-2H3. The zero-order valence-corrected chi connectivity index (χ0v) is 20.1. The molecule has 0 N–H and O–H groups in total. The average Bonchev–Trinajstić information content (AvgIpc) is 3.08. The van der Waals surface area contributed by atoms with Crippen molar-refractivity contribution < 1.29 is 12.8 Å². The zero-order chi connectivity index (χ0) is 23.6. The molecule has 33 heavy (non-hydrogen) atoms. The number of halogens is 1. The van der Waals surface area contributed by atoms with E-state index in [0.717, 1.165) is 57.2 Å². The lowest BCUT2D eigenvalue weighted by Crippen LogP contribution is -2.26. The van der Waals surface area contributed by atoms with E-state index in [1.807, 2.05) is 9.47 Å². The number of anilines is 1. The molecule has 1 saturated heterocycles. The van der Waals surface area contributed by atoms with E-state index in [-0.39, 0.29) is 15.2 Å². The molecule has 0 saturated carbocycles. The molecule has 0 spiro atoms. The zero-order valence-electron chi connectivity index (χ0n) is 19.3. The minimum absolute atomic E-state index is 0.0719. The minimum atomic E-state index is -4.05. The van der Waals surface area contributed by atoms with E-state index in [9.17, 15) is 13.2 Å². The first-order valence-corrected chi connectivity index (χ1v) is 13.2. The largest absolute Gasteiger partial charge is 0.369 e. The first kappa shape index (κ1) is 23.5. The van der Waals surface area contributed by atoms with Gasteiger partial charge >= 0.3 is 0 Å². The molecule has 0 aliphatic carbocycles. The number of hydrogen-bond acceptors (Lipinski definition) is 4. The highest BCUT2D eigenvalue weighted by Crippen LogP contribution is 2.29. The molecule has 1 fully saturated rings. The molecule has 1 aromatic heterocycles. The molecule has 0 amide bonds. The van der Waals surface area contributed by atoms with Crippen LogP contribution in [0.2, 0.25) is 0 Å². The predicted octanol–water partition coefficient (Wildman–Crippen LogP) is 5.46. The van der Waals surface area contributed by atoms with Gasteiger partial charge in [0.05, 0.1) is 21.5 Å². The first-order chi connectivity index (χ1) is 15.8. The number of nitrogens with zero attached hydrogens (tertiary/aromatic N) is 2. The highest BCUT2D eigenvalue weighted by atomic mass is 32.2. The molecule has 0 radical (unpaired) electrons. The second kappa shape index (κ2) is 9.67. The fourth-order valence-electron chi connectivity index (χ4n) is 4.54. The number of aryl methyl sites for hydroxylation is 2. The first-order valence-electron chi connectivity index (χ1n) is 11.8. The van der Waals surface area contributed by atoms with Gasteiger partial charge in [-0.3, -0.25) is 4.79 Å². The van der Waals surface area contributed by atoms with E-state index in [1.165, 1.54) is 18.3 Å². The third kappa shape index (κ3) is 4.69. The van der Waals surface area contributed by atoms with Gasteiger partial charge in [0.25, 0.3) is 0 Å². The van der Waals surface area contributed by atoms with E-state index >= 15 is 4.39 Å². The second-order valence-electron chi connectivity index (χ2n) is 8.91. The van der Waals surface area contributed by atoms with Gasteiger partial charge < -0.3 is 9.47 Å². The molecule has 2 aromatic carbocycles. The summed E-state index contributed by atoms with van der Waals surface area (Å²) in [5, 5.41) is 0.107. The SMILES string of the molecule is CCCCn1cc(S(=O)(=O)c2cccc(C)c2)c(=O)c2cc(F)c(N3CCCCCC3)cc21. The lowest BCUT2D eigenvalue weighted by Gasteiger charge is -2.24. The number of rotatable bonds is 6. The molecule has 0 atom stereocenters. The average molecular weight is 471 g/mol. The Hall–Kier alpha value is -2.67. The molecule has 2 heterocycles. The summed E-state index contributed by atoms with van der Waals surface area (Å²) in [7, 11) is -4.05. The lowest BCUT2D eigenvalue weighted by molar-refractivity contribution is 0.590. The van der Waals surface area contributed by atoms with Crippen LogP contribution in [0.1, 0.15) is 51.0 Å². The summed E-state index contributed by atoms with van der Waals surface area (Å²) in [6, 6.07) is 9.47. The van der Waals surface area contributed by atoms with Crippen molar-refractivity contribution >= 4 is 26.4 Å². The summed E-state index contributed by atoms with van der Waals surface area (Å²) >= 11 is 0. The highest BCUT2D eigenvalue weighted by molar-refractivity contribution is 7.91. The molecular formula is C26H31FN2O3S. The van der Waals surface area contributed by atoms with Gasteiger partial charge in [0, 0.05) is 25.8 Å². The fraction of sp³-hybridized carbons (Fsp3) is 0.423. The number of pyridine rings is 1. The number of benzene rings is 2. The van der Waals surface area contributed by atoms with Gasteiger partial charge in [-0.15, -0.1) is 0 Å². The van der Waals surface area contributed by atoms with Crippen LogP contribution in [-0.4, -0.2) is 26.1 Å². The maximum Gasteiger partial charge on any atom is 0.211 e. The van der Waals surface area contributed by atoms with Crippen LogP contribution in [0.3, 0.4) is 0 Å². The van der Waals surface area contributed by atoms with Gasteiger partial charge in [-0.25, -0.2) is 12.8 Å². The minimum Gasteiger partial charge on any atom is -0.369 e. The van der Waals surface area contributed by atoms with Crippen LogP contribution in [-0.2, 0) is 16.4 Å². The van der Waals surface area contributed by atoms with Crippen LogP contribution < -0.4 is 10.3 Å². The van der Waals surface area contributed by atoms with Crippen molar-refractivity contribution in [3.8, 4) is 0 Å². The van der Waals surface area contributed by atoms with Gasteiger partial charge in [0.2, 0.25) is 15.3 Å². The van der Waals surface area contributed by atoms with E-state index in [4.69, 9.17) is 0 Å². The van der Waals surface area contributed by atoms with Crippen molar-refractivity contribution in [3.63, 3.8) is 0 Å². The van der Waals surface area contributed by atoms with Crippen LogP contribution in [0.5, 0.6) is 0 Å². The van der Waals surface area contributed by atoms with Gasteiger partial charge in [-0.2, -0.15) is 0 Å². The Bertz CT molecular complexity index is 1320. The third-order valence-electron chi connectivity index (χ3n) is 6.40. The van der Waals surface area contributed by atoms with Crippen molar-refractivity contribution in [1.29, 1.82) is 0 Å². The van der Waals surface area contributed by atoms with E-state index in [0.29, 0.717) is 17.7 Å². The topological polar surface area (TPSA) is 59.4 Å². The third-order valence-corrected chi connectivity index (χ3v) is 8.15. The van der Waals surface area contributed by atoms with Crippen molar-refractivity contribution in [2.75, 3.05) is 18.0 Å². The molecule has 7 heteroatoms. The monoisotopic (exact) mass is 470 g/mol. The molecule has 0 bridgehead atoms. The van der Waals surface area contributed by atoms with E-state index < -0.39 is 21.1 Å². The smallest absolute Gasteiger partial charge is 0.211 e. The Labute approximate surface area is 194 Å². The van der Waals surface area contributed by atoms with Crippen molar-refractivity contribution in [2.45, 2.75) is 68.7 Å². The molecule has 176 valence electrons. The second-order valence-corrected chi connectivity index (χ2v) is 10.8. The molecule has 1 aliphatic rings.